The largest absolute Gasteiger partial charge is 0.482 e. The van der Waals surface area contributed by atoms with E-state index in [9.17, 15) is 9.13 Å². The van der Waals surface area contributed by atoms with E-state index in [0.717, 1.165) is 6.08 Å². The predicted molar refractivity (Wildman–Crippen MR) is 42.2 cm³/mol. The third-order valence-electron chi connectivity index (χ3n) is 0.697. The Kier molecular flexibility index (Phi) is 4.44. The van der Waals surface area contributed by atoms with Gasteiger partial charge in [-0.25, -0.2) is 9.13 Å². The second kappa shape index (κ2) is 4.45. The summed E-state index contributed by atoms with van der Waals surface area (Å²) in [6.45, 7) is 3.11. The van der Waals surface area contributed by atoms with Crippen LogP contribution in [0.5, 0.6) is 0 Å². The van der Waals surface area contributed by atoms with Gasteiger partial charge in [0.15, 0.2) is 0 Å². The smallest absolute Gasteiger partial charge is 0.302 e. The van der Waals surface area contributed by atoms with Crippen LogP contribution in [0.4, 0.5) is 0 Å². The molecule has 0 aliphatic heterocycles. The summed E-state index contributed by atoms with van der Waals surface area (Å²) in [4.78, 5) is 24.9. The Hall–Kier alpha value is -0.0400. The maximum Gasteiger partial charge on any atom is 0.482 e. The monoisotopic (exact) mass is 233 g/mol. The van der Waals surface area contributed by atoms with Crippen molar-refractivity contribution in [2.24, 2.45) is 5.73 Å². The van der Waals surface area contributed by atoms with Gasteiger partial charge in [-0.2, -0.15) is 4.31 Å². The molecular formula is C3H9NO7P2. The minimum Gasteiger partial charge on any atom is -0.302 e. The molecule has 0 heterocycles. The molecule has 0 saturated heterocycles. The van der Waals surface area contributed by atoms with Crippen molar-refractivity contribution in [2.45, 2.75) is 6.23 Å². The van der Waals surface area contributed by atoms with Crippen LogP contribution in [-0.4, -0.2) is 20.9 Å². The van der Waals surface area contributed by atoms with Crippen LogP contribution in [0, 0.1) is 0 Å². The van der Waals surface area contributed by atoms with Crippen LogP contribution < -0.4 is 5.73 Å². The van der Waals surface area contributed by atoms with E-state index in [1.807, 2.05) is 0 Å². The Labute approximate surface area is 73.8 Å². The Balaban J connectivity index is 4.34. The molecule has 0 amide bonds. The molecule has 0 aliphatic rings. The maximum atomic E-state index is 10.7. The molecule has 13 heavy (non-hydrogen) atoms. The van der Waals surface area contributed by atoms with Gasteiger partial charge in [0, 0.05) is 0 Å². The van der Waals surface area contributed by atoms with E-state index >= 15 is 0 Å². The average molecular weight is 233 g/mol. The Bertz CT molecular complexity index is 271. The molecule has 10 heteroatoms. The standard InChI is InChI=1S/C3H9NO7P2/c1-2-3(4)10-13(8,9)11-12(5,6)7/h2-3H,1,4H2,(H,8,9)(H2,5,6,7). The van der Waals surface area contributed by atoms with Gasteiger partial charge in [0.25, 0.3) is 0 Å². The van der Waals surface area contributed by atoms with Crippen molar-refractivity contribution in [3.8, 4) is 0 Å². The molecule has 0 aromatic rings. The quantitative estimate of drug-likeness (QED) is 0.288. The van der Waals surface area contributed by atoms with Gasteiger partial charge in [0.1, 0.15) is 6.23 Å². The van der Waals surface area contributed by atoms with E-state index in [0.29, 0.717) is 0 Å². The van der Waals surface area contributed by atoms with Crippen molar-refractivity contribution in [1.82, 2.24) is 0 Å². The van der Waals surface area contributed by atoms with E-state index in [1.165, 1.54) is 0 Å². The second-order valence-electron chi connectivity index (χ2n) is 1.85. The minimum absolute atomic E-state index is 0.950. The van der Waals surface area contributed by atoms with Crippen LogP contribution >= 0.6 is 15.6 Å². The van der Waals surface area contributed by atoms with Crippen molar-refractivity contribution in [2.75, 3.05) is 0 Å². The number of phosphoric acid groups is 2. The van der Waals surface area contributed by atoms with Gasteiger partial charge in [-0.15, -0.1) is 0 Å². The molecule has 8 nitrogen and oxygen atoms in total. The van der Waals surface area contributed by atoms with Gasteiger partial charge in [-0.05, 0) is 6.08 Å². The first-order valence-electron chi connectivity index (χ1n) is 2.82. The van der Waals surface area contributed by atoms with Crippen LogP contribution in [0.25, 0.3) is 0 Å². The van der Waals surface area contributed by atoms with Gasteiger partial charge >= 0.3 is 15.6 Å². The molecule has 0 aromatic heterocycles. The van der Waals surface area contributed by atoms with Crippen LogP contribution in [0.3, 0.4) is 0 Å². The van der Waals surface area contributed by atoms with Crippen molar-refractivity contribution in [1.29, 1.82) is 0 Å². The Morgan fingerprint density at radius 2 is 1.85 bits per heavy atom. The molecule has 0 rings (SSSR count). The van der Waals surface area contributed by atoms with Crippen LogP contribution in [-0.2, 0) is 18.0 Å². The molecule has 0 bridgehead atoms. The zero-order valence-electron chi connectivity index (χ0n) is 6.31. The van der Waals surface area contributed by atoms with Gasteiger partial charge in [0.2, 0.25) is 0 Å². The van der Waals surface area contributed by atoms with Crippen LogP contribution in [0.15, 0.2) is 12.7 Å². The van der Waals surface area contributed by atoms with E-state index in [4.69, 9.17) is 20.4 Å². The lowest BCUT2D eigenvalue weighted by Crippen LogP contribution is -2.19. The van der Waals surface area contributed by atoms with E-state index in [2.05, 4.69) is 15.4 Å². The molecule has 0 aromatic carbocycles. The van der Waals surface area contributed by atoms with Crippen LogP contribution in [0.1, 0.15) is 0 Å². The van der Waals surface area contributed by atoms with Gasteiger partial charge < -0.3 is 20.4 Å². The summed E-state index contributed by atoms with van der Waals surface area (Å²) in [6, 6.07) is 0. The highest BCUT2D eigenvalue weighted by Gasteiger charge is 2.33. The molecule has 0 spiro atoms. The lowest BCUT2D eigenvalue weighted by molar-refractivity contribution is 0.154. The van der Waals surface area contributed by atoms with E-state index in [1.54, 1.807) is 0 Å². The fourth-order valence-electron chi connectivity index (χ4n) is 0.351. The summed E-state index contributed by atoms with van der Waals surface area (Å²) in [5.74, 6) is 0. The highest BCUT2D eigenvalue weighted by Crippen LogP contribution is 2.57. The molecule has 2 atom stereocenters. The number of hydrogen-bond acceptors (Lipinski definition) is 5. The first kappa shape index (κ1) is 13.0. The fraction of sp³-hybridized carbons (Fsp3) is 0.333. The molecule has 0 aliphatic carbocycles. The summed E-state index contributed by atoms with van der Waals surface area (Å²) in [7, 11) is -9.93. The average Bonchev–Trinajstić information content (AvgIpc) is 1.80. The molecule has 0 radical (unpaired) electrons. The molecule has 0 saturated carbocycles. The van der Waals surface area contributed by atoms with Crippen molar-refractivity contribution in [3.05, 3.63) is 12.7 Å². The van der Waals surface area contributed by atoms with Gasteiger partial charge in [-0.3, -0.25) is 4.52 Å². The highest BCUT2D eigenvalue weighted by molar-refractivity contribution is 7.60. The minimum atomic E-state index is -5.08. The number of rotatable bonds is 5. The molecular weight excluding hydrogens is 224 g/mol. The van der Waals surface area contributed by atoms with E-state index < -0.39 is 21.9 Å². The molecule has 2 unspecified atom stereocenters. The zero-order valence-corrected chi connectivity index (χ0v) is 8.10. The predicted octanol–water partition coefficient (Wildman–Crippen LogP) is -0.317. The third kappa shape index (κ3) is 7.06. The van der Waals surface area contributed by atoms with Crippen molar-refractivity contribution < 1.29 is 32.6 Å². The molecule has 5 N–H and O–H groups in total. The number of nitrogens with two attached hydrogens (primary N) is 1. The Morgan fingerprint density at radius 3 is 2.15 bits per heavy atom. The van der Waals surface area contributed by atoms with Crippen molar-refractivity contribution >= 4 is 15.6 Å². The zero-order chi connectivity index (χ0) is 10.7. The lowest BCUT2D eigenvalue weighted by Gasteiger charge is -2.14. The normalized spacial score (nSPS) is 19.1. The topological polar surface area (TPSA) is 139 Å². The summed E-state index contributed by atoms with van der Waals surface area (Å²) >= 11 is 0. The third-order valence-corrected chi connectivity index (χ3v) is 2.88. The van der Waals surface area contributed by atoms with Crippen molar-refractivity contribution in [3.63, 3.8) is 0 Å². The maximum absolute atomic E-state index is 10.7. The van der Waals surface area contributed by atoms with Gasteiger partial charge in [0.05, 0.1) is 0 Å². The van der Waals surface area contributed by atoms with Gasteiger partial charge in [-0.1, -0.05) is 6.58 Å². The SMILES string of the molecule is C=CC(N)OP(=O)(O)OP(=O)(O)O. The van der Waals surface area contributed by atoms with E-state index in [-0.39, 0.29) is 0 Å². The number of hydrogen-bond donors (Lipinski definition) is 4. The first-order chi connectivity index (χ1) is 5.66. The second-order valence-corrected chi connectivity index (χ2v) is 4.63. The van der Waals surface area contributed by atoms with Crippen LogP contribution in [0.2, 0.25) is 0 Å². The highest BCUT2D eigenvalue weighted by atomic mass is 31.3. The summed E-state index contributed by atoms with van der Waals surface area (Å²) in [6.07, 6.45) is -0.395. The summed E-state index contributed by atoms with van der Waals surface area (Å²) < 4.78 is 28.2. The molecule has 0 fully saturated rings. The summed E-state index contributed by atoms with van der Waals surface area (Å²) in [5, 5.41) is 0. The Morgan fingerprint density at radius 1 is 1.38 bits per heavy atom. The number of phosphoric ester groups is 1. The fourth-order valence-corrected chi connectivity index (χ4v) is 1.97. The first-order valence-corrected chi connectivity index (χ1v) is 5.85. The lowest BCUT2D eigenvalue weighted by atomic mass is 10.6. The summed E-state index contributed by atoms with van der Waals surface area (Å²) in [5.41, 5.74) is 4.97. The molecule has 78 valence electrons.